The lowest BCUT2D eigenvalue weighted by atomic mass is 10.0. The maximum absolute atomic E-state index is 9.54. The molecule has 1 aromatic rings. The number of hydrogen-bond donors (Lipinski definition) is 3. The molecule has 0 unspecified atom stereocenters. The van der Waals surface area contributed by atoms with E-state index in [4.69, 9.17) is 4.74 Å². The van der Waals surface area contributed by atoms with Gasteiger partial charge in [0.1, 0.15) is 0 Å². The van der Waals surface area contributed by atoms with Crippen LogP contribution in [0.1, 0.15) is 18.4 Å². The van der Waals surface area contributed by atoms with Crippen LogP contribution >= 0.6 is 0 Å². The maximum atomic E-state index is 9.54. The van der Waals surface area contributed by atoms with Crippen molar-refractivity contribution in [3.05, 3.63) is 17.7 Å². The summed E-state index contributed by atoms with van der Waals surface area (Å²) in [5.41, 5.74) is 0.913. The van der Waals surface area contributed by atoms with Gasteiger partial charge in [-0.05, 0) is 37.6 Å². The molecular weight excluding hydrogens is 194 g/mol. The number of hydrogen-bond acceptors (Lipinski definition) is 4. The number of nitrogens with one attached hydrogen (secondary N) is 1. The first-order chi connectivity index (χ1) is 7.13. The maximum Gasteiger partial charge on any atom is 0.200 e. The molecule has 0 amide bonds. The van der Waals surface area contributed by atoms with Gasteiger partial charge in [-0.25, -0.2) is 0 Å². The quantitative estimate of drug-likeness (QED) is 0.657. The molecule has 2 rings (SSSR count). The molecule has 15 heavy (non-hydrogen) atoms. The Labute approximate surface area is 88.5 Å². The highest BCUT2D eigenvalue weighted by atomic mass is 16.5. The smallest absolute Gasteiger partial charge is 0.200 e. The first kappa shape index (κ1) is 10.1. The molecule has 0 spiro atoms. The number of rotatable bonds is 3. The Morgan fingerprint density at radius 2 is 2.00 bits per heavy atom. The van der Waals surface area contributed by atoms with Crippen molar-refractivity contribution < 1.29 is 14.9 Å². The molecule has 4 nitrogen and oxygen atoms in total. The SMILES string of the molecule is CNC1(c2cc(O)c(O)c(OC)c2)CC1. The number of aromatic hydroxyl groups is 2. The summed E-state index contributed by atoms with van der Waals surface area (Å²) in [5.74, 6) is -0.0226. The van der Waals surface area contributed by atoms with Gasteiger partial charge in [-0.3, -0.25) is 0 Å². The zero-order chi connectivity index (χ0) is 11.1. The van der Waals surface area contributed by atoms with Crippen LogP contribution in [0.2, 0.25) is 0 Å². The van der Waals surface area contributed by atoms with Crippen molar-refractivity contribution in [1.29, 1.82) is 0 Å². The minimum Gasteiger partial charge on any atom is -0.504 e. The Bertz CT molecular complexity index is 386. The van der Waals surface area contributed by atoms with Crippen LogP contribution in [0, 0.1) is 0 Å². The van der Waals surface area contributed by atoms with Gasteiger partial charge in [0.15, 0.2) is 11.5 Å². The summed E-state index contributed by atoms with van der Waals surface area (Å²) in [7, 11) is 3.36. The molecular formula is C11H15NO3. The predicted octanol–water partition coefficient (Wildman–Crippen LogP) is 1.31. The number of methoxy groups -OCH3 is 1. The van der Waals surface area contributed by atoms with Crippen LogP contribution in [0.4, 0.5) is 0 Å². The lowest BCUT2D eigenvalue weighted by Crippen LogP contribution is -2.24. The molecule has 1 aromatic carbocycles. The average Bonchev–Trinajstić information content (AvgIpc) is 3.02. The first-order valence-corrected chi connectivity index (χ1v) is 4.92. The van der Waals surface area contributed by atoms with E-state index in [-0.39, 0.29) is 17.0 Å². The summed E-state index contributed by atoms with van der Waals surface area (Å²) in [4.78, 5) is 0. The fourth-order valence-electron chi connectivity index (χ4n) is 1.83. The Morgan fingerprint density at radius 1 is 1.33 bits per heavy atom. The molecule has 0 saturated heterocycles. The third kappa shape index (κ3) is 1.51. The molecule has 0 radical (unpaired) electrons. The minimum atomic E-state index is -0.201. The second-order valence-corrected chi connectivity index (χ2v) is 3.88. The Kier molecular flexibility index (Phi) is 2.23. The summed E-state index contributed by atoms with van der Waals surface area (Å²) < 4.78 is 5.00. The van der Waals surface area contributed by atoms with Gasteiger partial charge in [0, 0.05) is 5.54 Å². The average molecular weight is 209 g/mol. The molecule has 0 aromatic heterocycles. The summed E-state index contributed by atoms with van der Waals surface area (Å²) in [5, 5.41) is 22.2. The second-order valence-electron chi connectivity index (χ2n) is 3.88. The van der Waals surface area contributed by atoms with Gasteiger partial charge in [-0.1, -0.05) is 0 Å². The monoisotopic (exact) mass is 209 g/mol. The van der Waals surface area contributed by atoms with Crippen LogP contribution in [0.15, 0.2) is 12.1 Å². The van der Waals surface area contributed by atoms with Crippen LogP contribution in [-0.4, -0.2) is 24.4 Å². The van der Waals surface area contributed by atoms with Crippen LogP contribution < -0.4 is 10.1 Å². The van der Waals surface area contributed by atoms with Crippen LogP contribution in [0.25, 0.3) is 0 Å². The number of phenolic OH excluding ortho intramolecular Hbond substituents is 2. The van der Waals surface area contributed by atoms with Gasteiger partial charge in [0.25, 0.3) is 0 Å². The molecule has 0 heterocycles. The fourth-order valence-corrected chi connectivity index (χ4v) is 1.83. The van der Waals surface area contributed by atoms with Crippen molar-refractivity contribution in [1.82, 2.24) is 5.32 Å². The van der Waals surface area contributed by atoms with Crippen molar-refractivity contribution in [2.45, 2.75) is 18.4 Å². The van der Waals surface area contributed by atoms with E-state index < -0.39 is 0 Å². The highest BCUT2D eigenvalue weighted by molar-refractivity contribution is 5.54. The standard InChI is InChI=1S/C11H15NO3/c1-12-11(3-4-11)7-5-8(13)10(14)9(6-7)15-2/h5-6,12-14H,3-4H2,1-2H3. The molecule has 1 aliphatic carbocycles. The van der Waals surface area contributed by atoms with E-state index in [1.54, 1.807) is 12.1 Å². The third-order valence-corrected chi connectivity index (χ3v) is 3.06. The van der Waals surface area contributed by atoms with Crippen molar-refractivity contribution in [2.75, 3.05) is 14.2 Å². The van der Waals surface area contributed by atoms with Gasteiger partial charge in [-0.15, -0.1) is 0 Å². The second kappa shape index (κ2) is 3.31. The zero-order valence-electron chi connectivity index (χ0n) is 8.87. The molecule has 0 atom stereocenters. The zero-order valence-corrected chi connectivity index (χ0v) is 8.87. The normalized spacial score (nSPS) is 17.5. The summed E-state index contributed by atoms with van der Waals surface area (Å²) in [6.45, 7) is 0. The summed E-state index contributed by atoms with van der Waals surface area (Å²) >= 11 is 0. The van der Waals surface area contributed by atoms with Gasteiger partial charge >= 0.3 is 0 Å². The molecule has 3 N–H and O–H groups in total. The molecule has 0 aliphatic heterocycles. The van der Waals surface area contributed by atoms with E-state index in [2.05, 4.69) is 5.32 Å². The molecule has 82 valence electrons. The van der Waals surface area contributed by atoms with Gasteiger partial charge < -0.3 is 20.3 Å². The largest absolute Gasteiger partial charge is 0.504 e. The molecule has 1 aliphatic rings. The predicted molar refractivity (Wildman–Crippen MR) is 56.3 cm³/mol. The highest BCUT2D eigenvalue weighted by Crippen LogP contribution is 2.49. The Balaban J connectivity index is 2.46. The Hall–Kier alpha value is -1.42. The molecule has 1 fully saturated rings. The number of ether oxygens (including phenoxy) is 1. The van der Waals surface area contributed by atoms with E-state index in [1.807, 2.05) is 7.05 Å². The lowest BCUT2D eigenvalue weighted by molar-refractivity contribution is 0.349. The number of phenols is 2. The highest BCUT2D eigenvalue weighted by Gasteiger charge is 2.43. The van der Waals surface area contributed by atoms with E-state index in [9.17, 15) is 10.2 Å². The van der Waals surface area contributed by atoms with Crippen LogP contribution in [0.3, 0.4) is 0 Å². The summed E-state index contributed by atoms with van der Waals surface area (Å²) in [6.07, 6.45) is 2.08. The number of benzene rings is 1. The van der Waals surface area contributed by atoms with Crippen molar-refractivity contribution in [3.8, 4) is 17.2 Å². The van der Waals surface area contributed by atoms with Gasteiger partial charge in [-0.2, -0.15) is 0 Å². The first-order valence-electron chi connectivity index (χ1n) is 4.92. The molecule has 4 heteroatoms. The van der Waals surface area contributed by atoms with E-state index in [1.165, 1.54) is 7.11 Å². The van der Waals surface area contributed by atoms with Gasteiger partial charge in [0.2, 0.25) is 5.75 Å². The van der Waals surface area contributed by atoms with E-state index in [0.717, 1.165) is 18.4 Å². The minimum absolute atomic E-state index is 0.0432. The topological polar surface area (TPSA) is 61.7 Å². The van der Waals surface area contributed by atoms with E-state index >= 15 is 0 Å². The van der Waals surface area contributed by atoms with Crippen molar-refractivity contribution >= 4 is 0 Å². The third-order valence-electron chi connectivity index (χ3n) is 3.06. The van der Waals surface area contributed by atoms with Crippen molar-refractivity contribution in [2.24, 2.45) is 0 Å². The molecule has 0 bridgehead atoms. The van der Waals surface area contributed by atoms with Crippen molar-refractivity contribution in [3.63, 3.8) is 0 Å². The van der Waals surface area contributed by atoms with Gasteiger partial charge in [0.05, 0.1) is 7.11 Å². The van der Waals surface area contributed by atoms with Crippen LogP contribution in [-0.2, 0) is 5.54 Å². The fraction of sp³-hybridized carbons (Fsp3) is 0.455. The Morgan fingerprint density at radius 3 is 2.47 bits per heavy atom. The summed E-state index contributed by atoms with van der Waals surface area (Å²) in [6, 6.07) is 3.35. The van der Waals surface area contributed by atoms with Crippen LogP contribution in [0.5, 0.6) is 17.2 Å². The molecule has 1 saturated carbocycles. The van der Waals surface area contributed by atoms with E-state index in [0.29, 0.717) is 5.75 Å². The lowest BCUT2D eigenvalue weighted by Gasteiger charge is -2.16.